The monoisotopic (exact) mass is 281 g/mol. The number of ether oxygens (including phenoxy) is 1. The summed E-state index contributed by atoms with van der Waals surface area (Å²) in [6.07, 6.45) is -1.45. The largest absolute Gasteiger partial charge is 0.511 e. The summed E-state index contributed by atoms with van der Waals surface area (Å²) in [5.74, 6) is 0.0373. The zero-order chi connectivity index (χ0) is 14.8. The molecule has 0 aliphatic rings. The highest BCUT2D eigenvalue weighted by molar-refractivity contribution is 5.88. The van der Waals surface area contributed by atoms with Gasteiger partial charge in [0.15, 0.2) is 0 Å². The molecule has 1 N–H and O–H groups in total. The van der Waals surface area contributed by atoms with Crippen LogP contribution in [0.4, 0.5) is 4.79 Å². The molecule has 0 bridgehead atoms. The van der Waals surface area contributed by atoms with Gasteiger partial charge in [0.2, 0.25) is 0 Å². The van der Waals surface area contributed by atoms with Crippen LogP contribution in [0.25, 0.3) is 16.6 Å². The van der Waals surface area contributed by atoms with Gasteiger partial charge < -0.3 is 9.84 Å². The molecule has 3 rings (SSSR count). The number of hydrogen-bond acceptors (Lipinski definition) is 3. The number of fused-ring (bicyclic) bond motifs is 1. The highest BCUT2D eigenvalue weighted by Gasteiger charge is 2.12. The van der Waals surface area contributed by atoms with E-state index in [1.54, 1.807) is 24.3 Å². The maximum Gasteiger partial charge on any atom is 0.511 e. The van der Waals surface area contributed by atoms with Crippen molar-refractivity contribution in [1.82, 2.24) is 4.57 Å². The topological polar surface area (TPSA) is 68.5 Å². The van der Waals surface area contributed by atoms with Gasteiger partial charge in [0.05, 0.1) is 5.52 Å². The molecule has 0 atom stereocenters. The molecule has 21 heavy (non-hydrogen) atoms. The van der Waals surface area contributed by atoms with Crippen molar-refractivity contribution in [3.8, 4) is 11.4 Å². The highest BCUT2D eigenvalue weighted by atomic mass is 16.7. The van der Waals surface area contributed by atoms with Crippen LogP contribution in [-0.4, -0.2) is 15.8 Å². The van der Waals surface area contributed by atoms with Crippen LogP contribution in [0.2, 0.25) is 0 Å². The quantitative estimate of drug-likeness (QED) is 0.733. The summed E-state index contributed by atoms with van der Waals surface area (Å²) in [7, 11) is 0. The molecule has 2 aromatic carbocycles. The van der Waals surface area contributed by atoms with Crippen LogP contribution in [0.3, 0.4) is 0 Å². The second-order valence-electron chi connectivity index (χ2n) is 4.40. The van der Waals surface area contributed by atoms with Gasteiger partial charge in [0.25, 0.3) is 5.56 Å². The number of carboxylic acid groups (broad SMARTS) is 1. The average Bonchev–Trinajstić information content (AvgIpc) is 2.48. The van der Waals surface area contributed by atoms with Gasteiger partial charge in [-0.25, -0.2) is 4.79 Å². The van der Waals surface area contributed by atoms with E-state index in [0.29, 0.717) is 16.6 Å². The third kappa shape index (κ3) is 2.36. The number of pyridine rings is 1. The van der Waals surface area contributed by atoms with E-state index in [-0.39, 0.29) is 11.3 Å². The van der Waals surface area contributed by atoms with Gasteiger partial charge in [0.1, 0.15) is 5.75 Å². The van der Waals surface area contributed by atoms with Crippen molar-refractivity contribution < 1.29 is 14.6 Å². The molecule has 5 nitrogen and oxygen atoms in total. The minimum Gasteiger partial charge on any atom is -0.449 e. The van der Waals surface area contributed by atoms with Crippen LogP contribution < -0.4 is 10.3 Å². The van der Waals surface area contributed by atoms with E-state index in [1.807, 2.05) is 30.3 Å². The lowest BCUT2D eigenvalue weighted by Crippen LogP contribution is -2.19. The second-order valence-corrected chi connectivity index (χ2v) is 4.40. The Morgan fingerprint density at radius 2 is 1.67 bits per heavy atom. The van der Waals surface area contributed by atoms with Crippen molar-refractivity contribution in [3.05, 3.63) is 71.0 Å². The van der Waals surface area contributed by atoms with Gasteiger partial charge in [-0.1, -0.05) is 30.3 Å². The number of para-hydroxylation sites is 2. The third-order valence-corrected chi connectivity index (χ3v) is 3.10. The molecule has 1 aromatic heterocycles. The van der Waals surface area contributed by atoms with Gasteiger partial charge in [0, 0.05) is 17.1 Å². The van der Waals surface area contributed by atoms with E-state index in [9.17, 15) is 9.59 Å². The first-order valence-corrected chi connectivity index (χ1v) is 6.28. The molecule has 0 radical (unpaired) electrons. The minimum atomic E-state index is -1.45. The SMILES string of the molecule is O=C(O)Oc1cc(=O)n(-c2ccccc2)c2ccccc12. The summed E-state index contributed by atoms with van der Waals surface area (Å²) in [6.45, 7) is 0. The maximum atomic E-state index is 12.3. The first kappa shape index (κ1) is 12.9. The maximum absolute atomic E-state index is 12.3. The minimum absolute atomic E-state index is 0.0373. The first-order chi connectivity index (χ1) is 10.2. The number of benzene rings is 2. The van der Waals surface area contributed by atoms with Crippen molar-refractivity contribution in [2.24, 2.45) is 0 Å². The smallest absolute Gasteiger partial charge is 0.449 e. The van der Waals surface area contributed by atoms with Crippen molar-refractivity contribution in [3.63, 3.8) is 0 Å². The first-order valence-electron chi connectivity index (χ1n) is 6.28. The fourth-order valence-electron chi connectivity index (χ4n) is 2.27. The van der Waals surface area contributed by atoms with Crippen LogP contribution in [0, 0.1) is 0 Å². The molecule has 0 spiro atoms. The van der Waals surface area contributed by atoms with Gasteiger partial charge >= 0.3 is 6.16 Å². The summed E-state index contributed by atoms with van der Waals surface area (Å²) in [5.41, 5.74) is 0.948. The molecule has 0 unspecified atom stereocenters. The normalized spacial score (nSPS) is 10.5. The van der Waals surface area contributed by atoms with Crippen LogP contribution >= 0.6 is 0 Å². The van der Waals surface area contributed by atoms with E-state index < -0.39 is 6.16 Å². The zero-order valence-corrected chi connectivity index (χ0v) is 10.9. The Morgan fingerprint density at radius 1 is 1.00 bits per heavy atom. The van der Waals surface area contributed by atoms with E-state index in [4.69, 9.17) is 9.84 Å². The molecule has 0 aliphatic heterocycles. The van der Waals surface area contributed by atoms with Crippen molar-refractivity contribution in [2.45, 2.75) is 0 Å². The fraction of sp³-hybridized carbons (Fsp3) is 0. The fourth-order valence-corrected chi connectivity index (χ4v) is 2.27. The Hall–Kier alpha value is -3.08. The Bertz CT molecular complexity index is 868. The number of rotatable bonds is 2. The Morgan fingerprint density at radius 3 is 2.38 bits per heavy atom. The van der Waals surface area contributed by atoms with Gasteiger partial charge in [-0.15, -0.1) is 0 Å². The van der Waals surface area contributed by atoms with Gasteiger partial charge in [-0.05, 0) is 24.3 Å². The lowest BCUT2D eigenvalue weighted by Gasteiger charge is -2.12. The summed E-state index contributed by atoms with van der Waals surface area (Å²) in [6, 6.07) is 17.3. The number of nitrogens with zero attached hydrogens (tertiary/aromatic N) is 1. The zero-order valence-electron chi connectivity index (χ0n) is 10.9. The van der Waals surface area contributed by atoms with E-state index in [1.165, 1.54) is 10.6 Å². The number of hydrogen-bond donors (Lipinski definition) is 1. The van der Waals surface area contributed by atoms with E-state index >= 15 is 0 Å². The molecule has 104 valence electrons. The predicted octanol–water partition coefficient (Wildman–Crippen LogP) is 3.05. The van der Waals surface area contributed by atoms with Crippen LogP contribution in [0.5, 0.6) is 5.75 Å². The van der Waals surface area contributed by atoms with Crippen molar-refractivity contribution >= 4 is 17.1 Å². The molecule has 0 fully saturated rings. The van der Waals surface area contributed by atoms with Crippen molar-refractivity contribution in [1.29, 1.82) is 0 Å². The molecular formula is C16H11NO4. The van der Waals surface area contributed by atoms with Gasteiger partial charge in [-0.2, -0.15) is 0 Å². The molecule has 5 heteroatoms. The molecule has 3 aromatic rings. The lowest BCUT2D eigenvalue weighted by molar-refractivity contribution is 0.145. The standard InChI is InChI=1S/C16H11NO4/c18-15-10-14(21-16(19)20)12-8-4-5-9-13(12)17(15)11-6-2-1-3-7-11/h1-10H,(H,19,20). The van der Waals surface area contributed by atoms with Crippen LogP contribution in [0.15, 0.2) is 65.5 Å². The van der Waals surface area contributed by atoms with Gasteiger partial charge in [-0.3, -0.25) is 9.36 Å². The Labute approximate surface area is 119 Å². The number of carbonyl (C=O) groups is 1. The summed E-state index contributed by atoms with van der Waals surface area (Å²) < 4.78 is 6.22. The number of aromatic nitrogens is 1. The van der Waals surface area contributed by atoms with Crippen molar-refractivity contribution in [2.75, 3.05) is 0 Å². The molecule has 1 heterocycles. The summed E-state index contributed by atoms with van der Waals surface area (Å²) >= 11 is 0. The molecule has 0 saturated heterocycles. The second kappa shape index (κ2) is 5.13. The molecular weight excluding hydrogens is 270 g/mol. The third-order valence-electron chi connectivity index (χ3n) is 3.10. The highest BCUT2D eigenvalue weighted by Crippen LogP contribution is 2.25. The lowest BCUT2D eigenvalue weighted by atomic mass is 10.2. The van der Waals surface area contributed by atoms with Crippen LogP contribution in [-0.2, 0) is 0 Å². The molecule has 0 amide bonds. The predicted molar refractivity (Wildman–Crippen MR) is 78.2 cm³/mol. The summed E-state index contributed by atoms with van der Waals surface area (Å²) in [5, 5.41) is 9.33. The Balaban J connectivity index is 2.35. The molecule has 0 aliphatic carbocycles. The van der Waals surface area contributed by atoms with E-state index in [2.05, 4.69) is 0 Å². The summed E-state index contributed by atoms with van der Waals surface area (Å²) in [4.78, 5) is 23.1. The van der Waals surface area contributed by atoms with Crippen LogP contribution in [0.1, 0.15) is 0 Å². The van der Waals surface area contributed by atoms with E-state index in [0.717, 1.165) is 0 Å². The Kier molecular flexibility index (Phi) is 3.16. The molecule has 0 saturated carbocycles. The average molecular weight is 281 g/mol.